The number of aromatic nitrogens is 5. The fraction of sp³-hybridized carbons (Fsp3) is 0.0769. The number of imidazole rings is 1. The Kier molecular flexibility index (Phi) is 3.24. The molecule has 2 heterocycles. The van der Waals surface area contributed by atoms with Gasteiger partial charge in [-0.05, 0) is 5.56 Å². The highest BCUT2D eigenvalue weighted by atomic mass is 16.1. The molecule has 100 valence electrons. The van der Waals surface area contributed by atoms with Crippen LogP contribution >= 0.6 is 0 Å². The minimum absolute atomic E-state index is 0.433. The van der Waals surface area contributed by atoms with Gasteiger partial charge in [0.15, 0.2) is 11.6 Å². The maximum absolute atomic E-state index is 10.6. The Morgan fingerprint density at radius 2 is 2.10 bits per heavy atom. The van der Waals surface area contributed by atoms with Crippen LogP contribution < -0.4 is 5.32 Å². The highest BCUT2D eigenvalue weighted by molar-refractivity contribution is 5.77. The van der Waals surface area contributed by atoms with Gasteiger partial charge in [-0.25, -0.2) is 14.6 Å². The Bertz CT molecular complexity index is 702. The Labute approximate surface area is 114 Å². The minimum atomic E-state index is 0.433. The number of amides is 1. The van der Waals surface area contributed by atoms with Crippen LogP contribution in [0.2, 0.25) is 0 Å². The van der Waals surface area contributed by atoms with Crippen LogP contribution in [0.3, 0.4) is 0 Å². The van der Waals surface area contributed by atoms with Crippen LogP contribution in [-0.2, 0) is 11.3 Å². The molecule has 3 aromatic rings. The third-order valence-corrected chi connectivity index (χ3v) is 2.85. The fourth-order valence-corrected chi connectivity index (χ4v) is 1.96. The maximum Gasteiger partial charge on any atom is 0.212 e. The molecule has 3 rings (SSSR count). The highest BCUT2D eigenvalue weighted by Crippen LogP contribution is 2.21. The fourth-order valence-electron chi connectivity index (χ4n) is 1.96. The Morgan fingerprint density at radius 1 is 1.25 bits per heavy atom. The lowest BCUT2D eigenvalue weighted by Gasteiger charge is -2.06. The molecule has 2 N–H and O–H groups in total. The summed E-state index contributed by atoms with van der Waals surface area (Å²) in [4.78, 5) is 21.8. The average molecular weight is 268 g/mol. The molecular weight excluding hydrogens is 256 g/mol. The van der Waals surface area contributed by atoms with E-state index in [0.29, 0.717) is 30.3 Å². The lowest BCUT2D eigenvalue weighted by Crippen LogP contribution is -2.05. The lowest BCUT2D eigenvalue weighted by molar-refractivity contribution is -0.105. The average Bonchev–Trinajstić information content (AvgIpc) is 3.09. The van der Waals surface area contributed by atoms with E-state index in [1.807, 2.05) is 30.3 Å². The van der Waals surface area contributed by atoms with Gasteiger partial charge in [0.1, 0.15) is 12.0 Å². The van der Waals surface area contributed by atoms with E-state index >= 15 is 0 Å². The van der Waals surface area contributed by atoms with Gasteiger partial charge in [0.2, 0.25) is 6.41 Å². The van der Waals surface area contributed by atoms with E-state index in [4.69, 9.17) is 0 Å². The molecule has 0 bridgehead atoms. The number of rotatable bonds is 5. The summed E-state index contributed by atoms with van der Waals surface area (Å²) < 4.78 is 1.75. The number of aromatic amines is 1. The summed E-state index contributed by atoms with van der Waals surface area (Å²) >= 11 is 0. The number of hydrogen-bond donors (Lipinski definition) is 2. The molecule has 0 aliphatic carbocycles. The Hall–Kier alpha value is -2.96. The van der Waals surface area contributed by atoms with E-state index < -0.39 is 0 Å². The molecule has 0 radical (unpaired) electrons. The smallest absolute Gasteiger partial charge is 0.212 e. The third kappa shape index (κ3) is 2.28. The van der Waals surface area contributed by atoms with E-state index in [0.717, 1.165) is 5.56 Å². The zero-order chi connectivity index (χ0) is 13.8. The van der Waals surface area contributed by atoms with Crippen LogP contribution in [0, 0.1) is 0 Å². The van der Waals surface area contributed by atoms with Crippen molar-refractivity contribution in [2.24, 2.45) is 0 Å². The summed E-state index contributed by atoms with van der Waals surface area (Å²) in [5.74, 6) is 1.05. The third-order valence-electron chi connectivity index (χ3n) is 2.85. The molecule has 0 aliphatic rings. The van der Waals surface area contributed by atoms with Crippen LogP contribution in [0.1, 0.15) is 5.56 Å². The molecule has 7 heteroatoms. The zero-order valence-electron chi connectivity index (χ0n) is 10.5. The van der Waals surface area contributed by atoms with Crippen LogP contribution in [0.15, 0.2) is 43.0 Å². The Morgan fingerprint density at radius 3 is 2.90 bits per heavy atom. The van der Waals surface area contributed by atoms with Crippen LogP contribution in [0.5, 0.6) is 0 Å². The number of hydrogen-bond acceptors (Lipinski definition) is 4. The number of H-pyrrole nitrogens is 1. The van der Waals surface area contributed by atoms with E-state index in [-0.39, 0.29) is 0 Å². The Balaban J connectivity index is 1.94. The van der Waals surface area contributed by atoms with E-state index in [2.05, 4.69) is 25.4 Å². The second-order valence-corrected chi connectivity index (χ2v) is 4.12. The van der Waals surface area contributed by atoms with Gasteiger partial charge in [-0.3, -0.25) is 4.79 Å². The number of anilines is 1. The molecule has 0 spiro atoms. The molecule has 0 saturated heterocycles. The molecule has 0 aliphatic heterocycles. The zero-order valence-corrected chi connectivity index (χ0v) is 10.5. The number of nitrogens with zero attached hydrogens (tertiary/aromatic N) is 4. The van der Waals surface area contributed by atoms with Crippen LogP contribution in [-0.4, -0.2) is 31.1 Å². The van der Waals surface area contributed by atoms with Crippen LogP contribution in [0.4, 0.5) is 5.82 Å². The van der Waals surface area contributed by atoms with Crippen molar-refractivity contribution >= 4 is 12.2 Å². The first-order valence-electron chi connectivity index (χ1n) is 6.04. The summed E-state index contributed by atoms with van der Waals surface area (Å²) in [5.41, 5.74) is 1.74. The van der Waals surface area contributed by atoms with Crippen molar-refractivity contribution < 1.29 is 4.79 Å². The first-order chi connectivity index (χ1) is 9.88. The highest BCUT2D eigenvalue weighted by Gasteiger charge is 2.14. The van der Waals surface area contributed by atoms with Crippen molar-refractivity contribution in [3.63, 3.8) is 0 Å². The van der Waals surface area contributed by atoms with Gasteiger partial charge in [0.25, 0.3) is 0 Å². The van der Waals surface area contributed by atoms with Gasteiger partial charge in [-0.2, -0.15) is 5.10 Å². The molecule has 1 amide bonds. The maximum atomic E-state index is 10.6. The van der Waals surface area contributed by atoms with Crippen molar-refractivity contribution in [3.8, 4) is 11.5 Å². The van der Waals surface area contributed by atoms with Crippen molar-refractivity contribution in [1.82, 2.24) is 24.7 Å². The molecule has 7 nitrogen and oxygen atoms in total. The number of carbonyl (C=O) groups excluding carboxylic acids is 1. The first-order valence-corrected chi connectivity index (χ1v) is 6.04. The normalized spacial score (nSPS) is 10.4. The molecule has 1 aromatic carbocycles. The van der Waals surface area contributed by atoms with Gasteiger partial charge in [-0.15, -0.1) is 0 Å². The van der Waals surface area contributed by atoms with Crippen LogP contribution in [0.25, 0.3) is 11.5 Å². The second-order valence-electron chi connectivity index (χ2n) is 4.12. The van der Waals surface area contributed by atoms with E-state index in [9.17, 15) is 4.79 Å². The van der Waals surface area contributed by atoms with Gasteiger partial charge in [-0.1, -0.05) is 30.3 Å². The summed E-state index contributed by atoms with van der Waals surface area (Å²) in [6.45, 7) is 0.593. The number of nitrogens with one attached hydrogen (secondary N) is 2. The molecule has 0 fully saturated rings. The van der Waals surface area contributed by atoms with Gasteiger partial charge in [0, 0.05) is 0 Å². The van der Waals surface area contributed by atoms with Crippen molar-refractivity contribution in [1.29, 1.82) is 0 Å². The summed E-state index contributed by atoms with van der Waals surface area (Å²) in [6.07, 6.45) is 3.56. The monoisotopic (exact) mass is 268 g/mol. The van der Waals surface area contributed by atoms with Gasteiger partial charge >= 0.3 is 0 Å². The predicted octanol–water partition coefficient (Wildman–Crippen LogP) is 1.28. The first kappa shape index (κ1) is 12.1. The van der Waals surface area contributed by atoms with Gasteiger partial charge in [0.05, 0.1) is 12.9 Å². The lowest BCUT2D eigenvalue weighted by atomic mass is 10.2. The quantitative estimate of drug-likeness (QED) is 0.682. The van der Waals surface area contributed by atoms with E-state index in [1.165, 1.54) is 12.7 Å². The summed E-state index contributed by atoms with van der Waals surface area (Å²) in [6, 6.07) is 9.95. The predicted molar refractivity (Wildman–Crippen MR) is 72.8 cm³/mol. The molecule has 2 aromatic heterocycles. The summed E-state index contributed by atoms with van der Waals surface area (Å²) in [5, 5.41) is 6.74. The van der Waals surface area contributed by atoms with Crippen molar-refractivity contribution in [3.05, 3.63) is 48.5 Å². The number of carbonyl (C=O) groups is 1. The van der Waals surface area contributed by atoms with Crippen molar-refractivity contribution in [2.45, 2.75) is 6.54 Å². The topological polar surface area (TPSA) is 88.5 Å². The van der Waals surface area contributed by atoms with Gasteiger partial charge < -0.3 is 10.3 Å². The largest absolute Gasteiger partial charge is 0.340 e. The number of benzene rings is 1. The molecule has 0 unspecified atom stereocenters. The molecule has 0 atom stereocenters. The van der Waals surface area contributed by atoms with Crippen molar-refractivity contribution in [2.75, 3.05) is 5.32 Å². The summed E-state index contributed by atoms with van der Waals surface area (Å²) in [7, 11) is 0. The molecule has 20 heavy (non-hydrogen) atoms. The molecular formula is C13H12N6O. The molecule has 0 saturated carbocycles. The standard InChI is InChI=1S/C13H12N6O/c20-9-17-12-11(14-7-15-12)13-16-8-18-19(13)6-10-4-2-1-3-5-10/h1-5,7-9H,6H2,(H,14,15)(H,17,20). The second kappa shape index (κ2) is 5.35. The minimum Gasteiger partial charge on any atom is -0.340 e. The SMILES string of the molecule is O=CNc1nc[nH]c1-c1ncnn1Cc1ccccc1. The van der Waals surface area contributed by atoms with E-state index in [1.54, 1.807) is 4.68 Å².